The highest BCUT2D eigenvalue weighted by molar-refractivity contribution is 7.92. The molecule has 2 aromatic carbocycles. The Balaban J connectivity index is 1.95. The summed E-state index contributed by atoms with van der Waals surface area (Å²) in [5.74, 6) is -0.805. The molecule has 8 nitrogen and oxygen atoms in total. The Labute approximate surface area is 227 Å². The summed E-state index contributed by atoms with van der Waals surface area (Å²) in [5, 5.41) is 2.02. The van der Waals surface area contributed by atoms with E-state index in [-0.39, 0.29) is 22.3 Å². The summed E-state index contributed by atoms with van der Waals surface area (Å²) in [6.07, 6.45) is -0.204. The third kappa shape index (κ3) is 6.36. The Morgan fingerprint density at radius 2 is 1.75 bits per heavy atom. The van der Waals surface area contributed by atoms with E-state index in [0.717, 1.165) is 0 Å². The maximum absolute atomic E-state index is 13.9. The summed E-state index contributed by atoms with van der Waals surface area (Å²) in [4.78, 5) is 28.0. The minimum Gasteiger partial charge on any atom is -0.456 e. The lowest BCUT2D eigenvalue weighted by Crippen LogP contribution is -2.33. The van der Waals surface area contributed by atoms with E-state index in [9.17, 15) is 31.4 Å². The fraction of sp³-hybridized carbons (Fsp3) is 0.259. The van der Waals surface area contributed by atoms with Crippen molar-refractivity contribution in [3.8, 4) is 22.6 Å². The number of aromatic amines is 1. The third-order valence-corrected chi connectivity index (χ3v) is 6.53. The van der Waals surface area contributed by atoms with Crippen LogP contribution >= 0.6 is 0 Å². The summed E-state index contributed by atoms with van der Waals surface area (Å²) >= 11 is 0. The first-order valence-electron chi connectivity index (χ1n) is 11.9. The van der Waals surface area contributed by atoms with Crippen molar-refractivity contribution >= 4 is 32.2 Å². The molecule has 0 atom stereocenters. The highest BCUT2D eigenvalue weighted by atomic mass is 32.2. The van der Waals surface area contributed by atoms with E-state index in [4.69, 9.17) is 4.74 Å². The number of halogens is 4. The van der Waals surface area contributed by atoms with E-state index in [2.05, 4.69) is 9.35 Å². The highest BCUT2D eigenvalue weighted by Gasteiger charge is 2.28. The number of hydrogen-bond acceptors (Lipinski definition) is 5. The first kappa shape index (κ1) is 28.9. The fourth-order valence-corrected chi connectivity index (χ4v) is 4.86. The SMILES string of the molecule is Cc1cc(F)cc(C)c1Oc1ccc(N=S(C)(C)=O)cc1-c1cn(C)c(=O)c2[nH]c(C(=O)NCC(F)(F)F)cc12. The molecule has 2 N–H and O–H groups in total. The Morgan fingerprint density at radius 3 is 2.35 bits per heavy atom. The number of hydrogen-bond donors (Lipinski definition) is 2. The standard InChI is InChI=1S/C27H26F4N4O4S/c1-14-8-16(28)9-15(2)24(14)39-22-7-6-17(34-40(4,5)38)10-18(22)20-12-35(3)26(37)23-19(20)11-21(33-23)25(36)32-13-27(29,30)31/h6-12,33H,13H2,1-5H3,(H,32,36). The lowest BCUT2D eigenvalue weighted by atomic mass is 10.0. The van der Waals surface area contributed by atoms with Crippen molar-refractivity contribution in [2.24, 2.45) is 11.4 Å². The molecule has 0 fully saturated rings. The van der Waals surface area contributed by atoms with Gasteiger partial charge in [0, 0.05) is 52.0 Å². The summed E-state index contributed by atoms with van der Waals surface area (Å²) < 4.78 is 76.0. The Morgan fingerprint density at radius 1 is 1.10 bits per heavy atom. The van der Waals surface area contributed by atoms with Crippen molar-refractivity contribution in [1.82, 2.24) is 14.9 Å². The molecule has 0 unspecified atom stereocenters. The topological polar surface area (TPSA) is 106 Å². The predicted octanol–water partition coefficient (Wildman–Crippen LogP) is 5.73. The van der Waals surface area contributed by atoms with Crippen LogP contribution in [0.2, 0.25) is 0 Å². The molecule has 0 bridgehead atoms. The molecule has 0 aliphatic rings. The second-order valence-electron chi connectivity index (χ2n) is 9.65. The van der Waals surface area contributed by atoms with Gasteiger partial charge in [-0.3, -0.25) is 9.59 Å². The van der Waals surface area contributed by atoms with Crippen molar-refractivity contribution in [1.29, 1.82) is 0 Å². The van der Waals surface area contributed by atoms with E-state index < -0.39 is 39.7 Å². The largest absolute Gasteiger partial charge is 0.456 e. The van der Waals surface area contributed by atoms with Crippen LogP contribution in [0.4, 0.5) is 23.2 Å². The maximum Gasteiger partial charge on any atom is 0.405 e. The van der Waals surface area contributed by atoms with Crippen LogP contribution in [0, 0.1) is 19.7 Å². The quantitative estimate of drug-likeness (QED) is 0.285. The number of H-pyrrole nitrogens is 1. The Kier molecular flexibility index (Phi) is 7.54. The number of ether oxygens (including phenoxy) is 1. The summed E-state index contributed by atoms with van der Waals surface area (Å²) in [5.41, 5.74) is 1.37. The second kappa shape index (κ2) is 10.5. The van der Waals surface area contributed by atoms with E-state index in [0.29, 0.717) is 33.7 Å². The molecule has 0 saturated carbocycles. The van der Waals surface area contributed by atoms with Gasteiger partial charge in [0.15, 0.2) is 0 Å². The second-order valence-corrected chi connectivity index (χ2v) is 12.2. The van der Waals surface area contributed by atoms with Gasteiger partial charge in [-0.2, -0.15) is 17.5 Å². The van der Waals surface area contributed by atoms with E-state index >= 15 is 0 Å². The first-order valence-corrected chi connectivity index (χ1v) is 14.2. The van der Waals surface area contributed by atoms with Crippen LogP contribution in [-0.4, -0.2) is 44.9 Å². The van der Waals surface area contributed by atoms with Gasteiger partial charge in [0.1, 0.15) is 35.1 Å². The van der Waals surface area contributed by atoms with Crippen molar-refractivity contribution in [3.05, 3.63) is 75.6 Å². The number of rotatable bonds is 6. The number of alkyl halides is 3. The van der Waals surface area contributed by atoms with Crippen LogP contribution in [0.5, 0.6) is 11.5 Å². The van der Waals surface area contributed by atoms with Crippen LogP contribution < -0.4 is 15.6 Å². The lowest BCUT2D eigenvalue weighted by molar-refractivity contribution is -0.123. The smallest absolute Gasteiger partial charge is 0.405 e. The van der Waals surface area contributed by atoms with Gasteiger partial charge in [0.05, 0.1) is 5.69 Å². The number of aromatic nitrogens is 2. The highest BCUT2D eigenvalue weighted by Crippen LogP contribution is 2.41. The number of nitrogens with zero attached hydrogens (tertiary/aromatic N) is 2. The van der Waals surface area contributed by atoms with Gasteiger partial charge in [-0.1, -0.05) is 0 Å². The molecule has 4 rings (SSSR count). The zero-order chi connectivity index (χ0) is 29.6. The average Bonchev–Trinajstić information content (AvgIpc) is 3.27. The molecule has 212 valence electrons. The van der Waals surface area contributed by atoms with Crippen molar-refractivity contribution in [2.45, 2.75) is 20.0 Å². The third-order valence-electron chi connectivity index (χ3n) is 5.87. The van der Waals surface area contributed by atoms with E-state index in [1.807, 2.05) is 0 Å². The number of nitrogens with one attached hydrogen (secondary N) is 2. The molecule has 2 heterocycles. The molecule has 2 aromatic heterocycles. The van der Waals surface area contributed by atoms with Gasteiger partial charge in [-0.25, -0.2) is 8.60 Å². The number of carbonyl (C=O) groups is 1. The van der Waals surface area contributed by atoms with Crippen LogP contribution in [-0.2, 0) is 16.8 Å². The zero-order valence-corrected chi connectivity index (χ0v) is 23.0. The molecular formula is C27H26F4N4O4S. The monoisotopic (exact) mass is 578 g/mol. The summed E-state index contributed by atoms with van der Waals surface area (Å²) in [6.45, 7) is 1.82. The van der Waals surface area contributed by atoms with E-state index in [1.54, 1.807) is 37.4 Å². The van der Waals surface area contributed by atoms with Gasteiger partial charge < -0.3 is 19.6 Å². The normalized spacial score (nSPS) is 12.0. The van der Waals surface area contributed by atoms with Crippen molar-refractivity contribution in [3.63, 3.8) is 0 Å². The van der Waals surface area contributed by atoms with Crippen LogP contribution in [0.25, 0.3) is 22.0 Å². The molecule has 0 radical (unpaired) electrons. The predicted molar refractivity (Wildman–Crippen MR) is 145 cm³/mol. The lowest BCUT2D eigenvalue weighted by Gasteiger charge is -2.17. The number of carbonyl (C=O) groups excluding carboxylic acids is 1. The summed E-state index contributed by atoms with van der Waals surface area (Å²) in [7, 11) is -1.09. The van der Waals surface area contributed by atoms with Gasteiger partial charge in [-0.05, 0) is 61.4 Å². The Bertz CT molecular complexity index is 1800. The van der Waals surface area contributed by atoms with Gasteiger partial charge in [-0.15, -0.1) is 0 Å². The van der Waals surface area contributed by atoms with Crippen LogP contribution in [0.15, 0.2) is 51.8 Å². The number of pyridine rings is 1. The fourth-order valence-electron chi connectivity index (χ4n) is 4.24. The molecule has 0 spiro atoms. The molecule has 4 aromatic rings. The Hall–Kier alpha value is -4.13. The minimum absolute atomic E-state index is 0.0191. The zero-order valence-electron chi connectivity index (χ0n) is 22.2. The van der Waals surface area contributed by atoms with E-state index in [1.165, 1.54) is 48.5 Å². The number of benzene rings is 2. The van der Waals surface area contributed by atoms with Gasteiger partial charge in [0.25, 0.3) is 11.5 Å². The molecule has 0 saturated heterocycles. The summed E-state index contributed by atoms with van der Waals surface area (Å²) in [6, 6.07) is 8.68. The molecule has 0 aliphatic heterocycles. The average molecular weight is 579 g/mol. The van der Waals surface area contributed by atoms with Gasteiger partial charge in [0.2, 0.25) is 0 Å². The van der Waals surface area contributed by atoms with Crippen molar-refractivity contribution < 1.29 is 31.3 Å². The first-order chi connectivity index (χ1) is 18.5. The molecular weight excluding hydrogens is 552 g/mol. The number of fused-ring (bicyclic) bond motifs is 1. The molecule has 1 amide bonds. The molecule has 13 heteroatoms. The van der Waals surface area contributed by atoms with Gasteiger partial charge >= 0.3 is 6.18 Å². The molecule has 40 heavy (non-hydrogen) atoms. The minimum atomic E-state index is -4.62. The van der Waals surface area contributed by atoms with Crippen LogP contribution in [0.1, 0.15) is 21.6 Å². The number of amides is 1. The maximum atomic E-state index is 13.9. The van der Waals surface area contributed by atoms with Crippen molar-refractivity contribution in [2.75, 3.05) is 19.1 Å². The number of aryl methyl sites for hydroxylation is 3. The molecule has 0 aliphatic carbocycles. The van der Waals surface area contributed by atoms with Crippen LogP contribution in [0.3, 0.4) is 0 Å².